The van der Waals surface area contributed by atoms with Gasteiger partial charge in [0.2, 0.25) is 5.91 Å². The second-order valence-corrected chi connectivity index (χ2v) is 5.34. The fourth-order valence-electron chi connectivity index (χ4n) is 3.10. The minimum absolute atomic E-state index is 0.119. The molecule has 1 aliphatic rings. The summed E-state index contributed by atoms with van der Waals surface area (Å²) in [6.45, 7) is 8.35. The van der Waals surface area contributed by atoms with Crippen molar-refractivity contribution in [3.05, 3.63) is 0 Å². The van der Waals surface area contributed by atoms with Gasteiger partial charge in [0.25, 0.3) is 0 Å². The number of carbonyl (C=O) groups is 1. The van der Waals surface area contributed by atoms with Gasteiger partial charge in [-0.05, 0) is 32.2 Å². The van der Waals surface area contributed by atoms with Gasteiger partial charge in [0.1, 0.15) is 0 Å². The molecule has 1 fully saturated rings. The highest BCUT2D eigenvalue weighted by molar-refractivity contribution is 5.83. The van der Waals surface area contributed by atoms with Crippen molar-refractivity contribution in [3.8, 4) is 0 Å². The first-order valence-electron chi connectivity index (χ1n) is 7.09. The molecule has 0 aromatic carbocycles. The van der Waals surface area contributed by atoms with Crippen molar-refractivity contribution in [1.29, 1.82) is 0 Å². The van der Waals surface area contributed by atoms with Crippen LogP contribution < -0.4 is 5.32 Å². The van der Waals surface area contributed by atoms with Gasteiger partial charge in [-0.15, -0.1) is 0 Å². The zero-order valence-corrected chi connectivity index (χ0v) is 11.9. The van der Waals surface area contributed by atoms with Crippen molar-refractivity contribution in [3.63, 3.8) is 0 Å². The van der Waals surface area contributed by atoms with Crippen molar-refractivity contribution in [2.24, 2.45) is 5.41 Å². The molecule has 1 N–H and O–H groups in total. The van der Waals surface area contributed by atoms with E-state index in [1.54, 1.807) is 0 Å². The van der Waals surface area contributed by atoms with E-state index >= 15 is 0 Å². The van der Waals surface area contributed by atoms with Gasteiger partial charge in [-0.25, -0.2) is 0 Å². The molecular formula is C14H28N2O. The van der Waals surface area contributed by atoms with Crippen LogP contribution in [0.5, 0.6) is 0 Å². The number of amides is 1. The summed E-state index contributed by atoms with van der Waals surface area (Å²) in [4.78, 5) is 14.7. The molecule has 1 atom stereocenters. The summed E-state index contributed by atoms with van der Waals surface area (Å²) < 4.78 is 0. The highest BCUT2D eigenvalue weighted by atomic mass is 16.2. The summed E-state index contributed by atoms with van der Waals surface area (Å²) in [6, 6.07) is 0.400. The SMILES string of the molecule is CCCC1(C(=O)N(C)C(CC)CC)CCNC1. The molecular weight excluding hydrogens is 212 g/mol. The molecule has 3 heteroatoms. The Balaban J connectivity index is 2.77. The van der Waals surface area contributed by atoms with E-state index in [9.17, 15) is 4.79 Å². The van der Waals surface area contributed by atoms with Crippen molar-refractivity contribution < 1.29 is 4.79 Å². The maximum atomic E-state index is 12.7. The number of hydrogen-bond donors (Lipinski definition) is 1. The Bertz CT molecular complexity index is 243. The van der Waals surface area contributed by atoms with Crippen LogP contribution in [0.15, 0.2) is 0 Å². The summed E-state index contributed by atoms with van der Waals surface area (Å²) >= 11 is 0. The molecule has 1 unspecified atom stereocenters. The van der Waals surface area contributed by atoms with Gasteiger partial charge < -0.3 is 10.2 Å². The van der Waals surface area contributed by atoms with E-state index in [-0.39, 0.29) is 5.41 Å². The molecule has 1 heterocycles. The largest absolute Gasteiger partial charge is 0.342 e. The van der Waals surface area contributed by atoms with Gasteiger partial charge in [-0.3, -0.25) is 4.79 Å². The van der Waals surface area contributed by atoms with Crippen LogP contribution in [0.2, 0.25) is 0 Å². The fraction of sp³-hybridized carbons (Fsp3) is 0.929. The van der Waals surface area contributed by atoms with Gasteiger partial charge in [-0.2, -0.15) is 0 Å². The Morgan fingerprint density at radius 2 is 2.00 bits per heavy atom. The van der Waals surface area contributed by atoms with Gasteiger partial charge in [0, 0.05) is 19.6 Å². The summed E-state index contributed by atoms with van der Waals surface area (Å²) in [7, 11) is 1.98. The summed E-state index contributed by atoms with van der Waals surface area (Å²) in [5.74, 6) is 0.359. The Labute approximate surface area is 106 Å². The molecule has 0 spiro atoms. The number of nitrogens with zero attached hydrogens (tertiary/aromatic N) is 1. The first-order valence-corrected chi connectivity index (χ1v) is 7.09. The van der Waals surface area contributed by atoms with Crippen molar-refractivity contribution >= 4 is 5.91 Å². The Hall–Kier alpha value is -0.570. The molecule has 3 nitrogen and oxygen atoms in total. The van der Waals surface area contributed by atoms with E-state index in [4.69, 9.17) is 0 Å². The van der Waals surface area contributed by atoms with Crippen molar-refractivity contribution in [2.45, 2.75) is 58.9 Å². The molecule has 1 saturated heterocycles. The molecule has 1 rings (SSSR count). The molecule has 0 saturated carbocycles. The highest BCUT2D eigenvalue weighted by Gasteiger charge is 2.42. The number of nitrogens with one attached hydrogen (secondary N) is 1. The van der Waals surface area contributed by atoms with Crippen LogP contribution >= 0.6 is 0 Å². The summed E-state index contributed by atoms with van der Waals surface area (Å²) in [5.41, 5.74) is -0.119. The minimum atomic E-state index is -0.119. The lowest BCUT2D eigenvalue weighted by atomic mass is 9.80. The third-order valence-electron chi connectivity index (χ3n) is 4.24. The molecule has 0 aromatic rings. The molecule has 0 aromatic heterocycles. The maximum Gasteiger partial charge on any atom is 0.230 e. The third kappa shape index (κ3) is 3.01. The molecule has 0 bridgehead atoms. The van der Waals surface area contributed by atoms with Gasteiger partial charge in [0.05, 0.1) is 5.41 Å². The smallest absolute Gasteiger partial charge is 0.230 e. The van der Waals surface area contributed by atoms with Crippen LogP contribution in [-0.2, 0) is 4.79 Å². The number of hydrogen-bond acceptors (Lipinski definition) is 2. The quantitative estimate of drug-likeness (QED) is 0.773. The Morgan fingerprint density at radius 1 is 1.35 bits per heavy atom. The van der Waals surface area contributed by atoms with Crippen LogP contribution in [0, 0.1) is 5.41 Å². The Morgan fingerprint density at radius 3 is 2.41 bits per heavy atom. The Kier molecular flexibility index (Phi) is 5.44. The fourth-order valence-corrected chi connectivity index (χ4v) is 3.10. The topological polar surface area (TPSA) is 32.3 Å². The lowest BCUT2D eigenvalue weighted by Gasteiger charge is -2.35. The van der Waals surface area contributed by atoms with Crippen LogP contribution in [-0.4, -0.2) is 37.0 Å². The van der Waals surface area contributed by atoms with Crippen molar-refractivity contribution in [2.75, 3.05) is 20.1 Å². The third-order valence-corrected chi connectivity index (χ3v) is 4.24. The van der Waals surface area contributed by atoms with Crippen LogP contribution in [0.4, 0.5) is 0 Å². The second kappa shape index (κ2) is 6.39. The number of rotatable bonds is 6. The van der Waals surface area contributed by atoms with E-state index in [0.29, 0.717) is 11.9 Å². The minimum Gasteiger partial charge on any atom is -0.342 e. The van der Waals surface area contributed by atoms with E-state index in [1.165, 1.54) is 0 Å². The maximum absolute atomic E-state index is 12.7. The number of carbonyl (C=O) groups excluding carboxylic acids is 1. The molecule has 0 aliphatic carbocycles. The lowest BCUT2D eigenvalue weighted by Crippen LogP contribution is -2.47. The zero-order chi connectivity index (χ0) is 12.9. The molecule has 17 heavy (non-hydrogen) atoms. The van der Waals surface area contributed by atoms with E-state index in [0.717, 1.165) is 45.2 Å². The molecule has 100 valence electrons. The predicted molar refractivity (Wildman–Crippen MR) is 72.0 cm³/mol. The first kappa shape index (κ1) is 14.5. The average Bonchev–Trinajstić information content (AvgIpc) is 2.80. The summed E-state index contributed by atoms with van der Waals surface area (Å²) in [5, 5.41) is 3.36. The normalized spacial score (nSPS) is 24.3. The molecule has 1 amide bonds. The zero-order valence-electron chi connectivity index (χ0n) is 11.9. The van der Waals surface area contributed by atoms with Gasteiger partial charge in [0.15, 0.2) is 0 Å². The standard InChI is InChI=1S/C14H28N2O/c1-5-8-14(9-10-15-11-14)13(17)16(4)12(6-2)7-3/h12,15H,5-11H2,1-4H3. The monoisotopic (exact) mass is 240 g/mol. The van der Waals surface area contributed by atoms with E-state index < -0.39 is 0 Å². The van der Waals surface area contributed by atoms with Crippen molar-refractivity contribution in [1.82, 2.24) is 10.2 Å². The van der Waals surface area contributed by atoms with Crippen LogP contribution in [0.1, 0.15) is 52.9 Å². The van der Waals surface area contributed by atoms with Crippen LogP contribution in [0.25, 0.3) is 0 Å². The lowest BCUT2D eigenvalue weighted by molar-refractivity contribution is -0.142. The second-order valence-electron chi connectivity index (χ2n) is 5.34. The summed E-state index contributed by atoms with van der Waals surface area (Å²) in [6.07, 6.45) is 5.21. The molecule has 1 aliphatic heterocycles. The van der Waals surface area contributed by atoms with Crippen LogP contribution in [0.3, 0.4) is 0 Å². The van der Waals surface area contributed by atoms with Gasteiger partial charge in [-0.1, -0.05) is 27.2 Å². The predicted octanol–water partition coefficient (Wildman–Crippen LogP) is 2.41. The van der Waals surface area contributed by atoms with E-state index in [2.05, 4.69) is 26.1 Å². The highest BCUT2D eigenvalue weighted by Crippen LogP contribution is 2.34. The molecule has 0 radical (unpaired) electrons. The van der Waals surface area contributed by atoms with Gasteiger partial charge >= 0.3 is 0 Å². The van der Waals surface area contributed by atoms with E-state index in [1.807, 2.05) is 11.9 Å². The first-order chi connectivity index (χ1) is 8.11. The average molecular weight is 240 g/mol.